The van der Waals surface area contributed by atoms with Crippen molar-refractivity contribution < 1.29 is 9.18 Å². The number of Topliss-reactive ketones (excluding diaryl/α,β-unsaturated/α-hetero) is 1. The zero-order valence-corrected chi connectivity index (χ0v) is 9.77. The summed E-state index contributed by atoms with van der Waals surface area (Å²) in [6, 6.07) is 4.39. The van der Waals surface area contributed by atoms with Gasteiger partial charge in [0.25, 0.3) is 0 Å². The summed E-state index contributed by atoms with van der Waals surface area (Å²) < 4.78 is 13.6. The van der Waals surface area contributed by atoms with Crippen molar-refractivity contribution in [3.05, 3.63) is 34.6 Å². The van der Waals surface area contributed by atoms with E-state index in [9.17, 15) is 9.18 Å². The molecule has 0 saturated heterocycles. The molecular formula is C13H14ClFO. The summed E-state index contributed by atoms with van der Waals surface area (Å²) in [6.07, 6.45) is 5.02. The van der Waals surface area contributed by atoms with Crippen LogP contribution in [0.3, 0.4) is 0 Å². The van der Waals surface area contributed by atoms with Gasteiger partial charge in [0, 0.05) is 5.92 Å². The number of hydrogen-bond donors (Lipinski definition) is 0. The molecule has 0 bridgehead atoms. The number of rotatable bonds is 2. The van der Waals surface area contributed by atoms with Crippen LogP contribution in [0.4, 0.5) is 4.39 Å². The SMILES string of the molecule is O=C(c1c(F)cccc1Cl)C1CCCCC1. The maximum atomic E-state index is 13.6. The van der Waals surface area contributed by atoms with E-state index in [1.165, 1.54) is 18.6 Å². The number of halogens is 2. The normalized spacial score (nSPS) is 17.4. The van der Waals surface area contributed by atoms with Crippen LogP contribution in [-0.4, -0.2) is 5.78 Å². The molecule has 86 valence electrons. The van der Waals surface area contributed by atoms with Crippen molar-refractivity contribution in [1.29, 1.82) is 0 Å². The molecule has 1 aliphatic rings. The van der Waals surface area contributed by atoms with E-state index < -0.39 is 5.82 Å². The first-order valence-electron chi connectivity index (χ1n) is 5.68. The molecule has 0 heterocycles. The molecule has 0 spiro atoms. The molecule has 0 aromatic heterocycles. The lowest BCUT2D eigenvalue weighted by Crippen LogP contribution is -2.19. The lowest BCUT2D eigenvalue weighted by Gasteiger charge is -2.20. The summed E-state index contributed by atoms with van der Waals surface area (Å²) in [5.74, 6) is -0.658. The second-order valence-electron chi connectivity index (χ2n) is 4.30. The second kappa shape index (κ2) is 4.96. The van der Waals surface area contributed by atoms with Crippen LogP contribution in [0.25, 0.3) is 0 Å². The minimum atomic E-state index is -0.497. The lowest BCUT2D eigenvalue weighted by molar-refractivity contribution is 0.0885. The number of carbonyl (C=O) groups is 1. The third kappa shape index (κ3) is 2.27. The Labute approximate surface area is 99.6 Å². The third-order valence-corrected chi connectivity index (χ3v) is 3.50. The maximum Gasteiger partial charge on any atom is 0.170 e. The predicted octanol–water partition coefficient (Wildman–Crippen LogP) is 4.24. The Balaban J connectivity index is 2.26. The van der Waals surface area contributed by atoms with Crippen LogP contribution in [0, 0.1) is 11.7 Å². The topological polar surface area (TPSA) is 17.1 Å². The summed E-state index contributed by atoms with van der Waals surface area (Å²) in [4.78, 5) is 12.1. The minimum Gasteiger partial charge on any atom is -0.294 e. The smallest absolute Gasteiger partial charge is 0.170 e. The average Bonchev–Trinajstić information content (AvgIpc) is 2.30. The molecule has 3 heteroatoms. The molecule has 1 saturated carbocycles. The molecule has 1 nitrogen and oxygen atoms in total. The highest BCUT2D eigenvalue weighted by atomic mass is 35.5. The van der Waals surface area contributed by atoms with E-state index in [1.54, 1.807) is 6.07 Å². The summed E-state index contributed by atoms with van der Waals surface area (Å²) in [6.45, 7) is 0. The van der Waals surface area contributed by atoms with Gasteiger partial charge in [-0.15, -0.1) is 0 Å². The Morgan fingerprint density at radius 3 is 2.56 bits per heavy atom. The fraction of sp³-hybridized carbons (Fsp3) is 0.462. The molecule has 0 atom stereocenters. The molecule has 0 aliphatic heterocycles. The number of hydrogen-bond acceptors (Lipinski definition) is 1. The molecule has 0 unspecified atom stereocenters. The van der Waals surface area contributed by atoms with Crippen molar-refractivity contribution in [2.75, 3.05) is 0 Å². The highest BCUT2D eigenvalue weighted by Crippen LogP contribution is 2.30. The van der Waals surface area contributed by atoms with E-state index in [2.05, 4.69) is 0 Å². The van der Waals surface area contributed by atoms with E-state index in [-0.39, 0.29) is 22.3 Å². The van der Waals surface area contributed by atoms with Crippen molar-refractivity contribution in [3.63, 3.8) is 0 Å². The van der Waals surface area contributed by atoms with E-state index >= 15 is 0 Å². The van der Waals surface area contributed by atoms with Gasteiger partial charge in [0.2, 0.25) is 0 Å². The van der Waals surface area contributed by atoms with Crippen LogP contribution in [0.1, 0.15) is 42.5 Å². The summed E-state index contributed by atoms with van der Waals surface area (Å²) in [5.41, 5.74) is 0.0797. The van der Waals surface area contributed by atoms with Crippen molar-refractivity contribution in [3.8, 4) is 0 Å². The van der Waals surface area contributed by atoms with Gasteiger partial charge >= 0.3 is 0 Å². The Hall–Kier alpha value is -0.890. The van der Waals surface area contributed by atoms with Gasteiger partial charge in [-0.3, -0.25) is 4.79 Å². The summed E-state index contributed by atoms with van der Waals surface area (Å²) >= 11 is 5.88. The zero-order chi connectivity index (χ0) is 11.5. The number of carbonyl (C=O) groups excluding carboxylic acids is 1. The van der Waals surface area contributed by atoms with Crippen LogP contribution in [0.15, 0.2) is 18.2 Å². The fourth-order valence-corrected chi connectivity index (χ4v) is 2.56. The van der Waals surface area contributed by atoms with Gasteiger partial charge in [0.15, 0.2) is 5.78 Å². The number of ketones is 1. The van der Waals surface area contributed by atoms with Crippen molar-refractivity contribution >= 4 is 17.4 Å². The molecule has 16 heavy (non-hydrogen) atoms. The monoisotopic (exact) mass is 240 g/mol. The summed E-state index contributed by atoms with van der Waals surface area (Å²) in [7, 11) is 0. The Morgan fingerprint density at radius 1 is 1.25 bits per heavy atom. The van der Waals surface area contributed by atoms with Crippen LogP contribution in [0.2, 0.25) is 5.02 Å². The van der Waals surface area contributed by atoms with Gasteiger partial charge in [-0.1, -0.05) is 36.9 Å². The van der Waals surface area contributed by atoms with Gasteiger partial charge in [0.1, 0.15) is 5.82 Å². The first-order valence-corrected chi connectivity index (χ1v) is 6.06. The molecule has 1 aromatic carbocycles. The third-order valence-electron chi connectivity index (χ3n) is 3.19. The van der Waals surface area contributed by atoms with Crippen molar-refractivity contribution in [2.45, 2.75) is 32.1 Å². The molecule has 1 fully saturated rings. The van der Waals surface area contributed by atoms with Gasteiger partial charge < -0.3 is 0 Å². The van der Waals surface area contributed by atoms with Crippen LogP contribution >= 0.6 is 11.6 Å². The van der Waals surface area contributed by atoms with Gasteiger partial charge in [0.05, 0.1) is 10.6 Å². The molecule has 0 radical (unpaired) electrons. The molecule has 0 N–H and O–H groups in total. The highest BCUT2D eigenvalue weighted by molar-refractivity contribution is 6.34. The zero-order valence-electron chi connectivity index (χ0n) is 9.01. The maximum absolute atomic E-state index is 13.6. The van der Waals surface area contributed by atoms with Crippen LogP contribution in [0.5, 0.6) is 0 Å². The van der Waals surface area contributed by atoms with Crippen LogP contribution in [-0.2, 0) is 0 Å². The van der Waals surface area contributed by atoms with E-state index in [0.29, 0.717) is 0 Å². The van der Waals surface area contributed by atoms with Crippen molar-refractivity contribution in [1.82, 2.24) is 0 Å². The molecule has 1 aliphatic carbocycles. The van der Waals surface area contributed by atoms with E-state index in [0.717, 1.165) is 25.7 Å². The highest BCUT2D eigenvalue weighted by Gasteiger charge is 2.26. The fourth-order valence-electron chi connectivity index (χ4n) is 2.30. The van der Waals surface area contributed by atoms with Gasteiger partial charge in [-0.2, -0.15) is 0 Å². The minimum absolute atomic E-state index is 0.0388. The van der Waals surface area contributed by atoms with E-state index in [1.807, 2.05) is 0 Å². The first-order chi connectivity index (χ1) is 7.70. The predicted molar refractivity (Wildman–Crippen MR) is 62.3 cm³/mol. The van der Waals surface area contributed by atoms with Gasteiger partial charge in [-0.05, 0) is 25.0 Å². The Bertz CT molecular complexity index is 377. The Morgan fingerprint density at radius 2 is 1.94 bits per heavy atom. The van der Waals surface area contributed by atoms with Gasteiger partial charge in [-0.25, -0.2) is 4.39 Å². The molecule has 1 aromatic rings. The largest absolute Gasteiger partial charge is 0.294 e. The summed E-state index contributed by atoms with van der Waals surface area (Å²) in [5, 5.41) is 0.232. The molecular weight excluding hydrogens is 227 g/mol. The molecule has 0 amide bonds. The van der Waals surface area contributed by atoms with Crippen molar-refractivity contribution in [2.24, 2.45) is 5.92 Å². The van der Waals surface area contributed by atoms with Crippen LogP contribution < -0.4 is 0 Å². The lowest BCUT2D eigenvalue weighted by atomic mass is 9.84. The van der Waals surface area contributed by atoms with E-state index in [4.69, 9.17) is 11.6 Å². The first kappa shape index (κ1) is 11.6. The Kier molecular flexibility index (Phi) is 3.59. The molecule has 2 rings (SSSR count). The average molecular weight is 241 g/mol. The second-order valence-corrected chi connectivity index (χ2v) is 4.70. The number of benzene rings is 1. The standard InChI is InChI=1S/C13H14ClFO/c14-10-7-4-8-11(15)12(10)13(16)9-5-2-1-3-6-9/h4,7-9H,1-3,5-6H2. The quantitative estimate of drug-likeness (QED) is 0.707.